The van der Waals surface area contributed by atoms with Crippen molar-refractivity contribution in [3.8, 4) is 5.75 Å². The first kappa shape index (κ1) is 20.2. The number of carbonyl (C=O) groups is 2. The SMILES string of the molecule is COC(=O)C1=C(c2ccc(OC)cc2)NC(=O)NC1c1ccc(C(F)(F)F)cc1. The molecule has 29 heavy (non-hydrogen) atoms. The number of benzene rings is 2. The minimum atomic E-state index is -4.49. The van der Waals surface area contributed by atoms with Gasteiger partial charge in [0.15, 0.2) is 0 Å². The zero-order valence-electron chi connectivity index (χ0n) is 15.5. The van der Waals surface area contributed by atoms with Gasteiger partial charge in [0.05, 0.1) is 37.1 Å². The zero-order valence-corrected chi connectivity index (χ0v) is 15.5. The average Bonchev–Trinajstić information content (AvgIpc) is 2.72. The number of alkyl halides is 3. The molecule has 3 rings (SSSR count). The van der Waals surface area contributed by atoms with Gasteiger partial charge in [-0.25, -0.2) is 9.59 Å². The van der Waals surface area contributed by atoms with Gasteiger partial charge in [0, 0.05) is 0 Å². The smallest absolute Gasteiger partial charge is 0.416 e. The number of ether oxygens (including phenoxy) is 2. The molecule has 9 heteroatoms. The molecule has 152 valence electrons. The number of hydrogen-bond donors (Lipinski definition) is 2. The number of esters is 1. The number of nitrogens with one attached hydrogen (secondary N) is 2. The summed E-state index contributed by atoms with van der Waals surface area (Å²) in [5.41, 5.74) is 0.253. The van der Waals surface area contributed by atoms with E-state index in [0.717, 1.165) is 12.1 Å². The van der Waals surface area contributed by atoms with Crippen LogP contribution >= 0.6 is 0 Å². The number of carbonyl (C=O) groups excluding carboxylic acids is 2. The van der Waals surface area contributed by atoms with Crippen LogP contribution in [0.2, 0.25) is 0 Å². The van der Waals surface area contributed by atoms with Crippen LogP contribution in [0.4, 0.5) is 18.0 Å². The summed E-state index contributed by atoms with van der Waals surface area (Å²) >= 11 is 0. The van der Waals surface area contributed by atoms with Crippen LogP contribution in [0.5, 0.6) is 5.75 Å². The second-order valence-electron chi connectivity index (χ2n) is 6.16. The van der Waals surface area contributed by atoms with Crippen LogP contribution in [0.15, 0.2) is 54.1 Å². The van der Waals surface area contributed by atoms with E-state index in [1.54, 1.807) is 24.3 Å². The maximum Gasteiger partial charge on any atom is 0.416 e. The quantitative estimate of drug-likeness (QED) is 0.760. The molecule has 1 aliphatic rings. The molecule has 2 amide bonds. The molecule has 1 aliphatic heterocycles. The summed E-state index contributed by atoms with van der Waals surface area (Å²) in [6.07, 6.45) is -4.49. The van der Waals surface area contributed by atoms with Gasteiger partial charge in [-0.2, -0.15) is 13.2 Å². The lowest BCUT2D eigenvalue weighted by molar-refractivity contribution is -0.138. The molecule has 0 radical (unpaired) electrons. The normalized spacial score (nSPS) is 16.7. The predicted octanol–water partition coefficient (Wildman–Crippen LogP) is 3.65. The van der Waals surface area contributed by atoms with Crippen molar-refractivity contribution in [1.29, 1.82) is 0 Å². The summed E-state index contributed by atoms with van der Waals surface area (Å²) in [4.78, 5) is 24.7. The minimum Gasteiger partial charge on any atom is -0.497 e. The molecule has 1 unspecified atom stereocenters. The number of halogens is 3. The number of urea groups is 1. The fourth-order valence-corrected chi connectivity index (χ4v) is 2.99. The second kappa shape index (κ2) is 7.86. The number of amides is 2. The molecule has 1 atom stereocenters. The summed E-state index contributed by atoms with van der Waals surface area (Å²) in [6.45, 7) is 0. The van der Waals surface area contributed by atoms with Gasteiger partial charge in [-0.3, -0.25) is 0 Å². The first-order valence-electron chi connectivity index (χ1n) is 8.46. The molecule has 0 bridgehead atoms. The van der Waals surface area contributed by atoms with Crippen LogP contribution < -0.4 is 15.4 Å². The maximum absolute atomic E-state index is 12.9. The summed E-state index contributed by atoms with van der Waals surface area (Å²) < 4.78 is 48.5. The third-order valence-electron chi connectivity index (χ3n) is 4.43. The van der Waals surface area contributed by atoms with Gasteiger partial charge in [-0.15, -0.1) is 0 Å². The van der Waals surface area contributed by atoms with Crippen LogP contribution in [0, 0.1) is 0 Å². The summed E-state index contributed by atoms with van der Waals surface area (Å²) in [6, 6.07) is 9.22. The van der Waals surface area contributed by atoms with Crippen molar-refractivity contribution in [2.24, 2.45) is 0 Å². The topological polar surface area (TPSA) is 76.7 Å². The third-order valence-corrected chi connectivity index (χ3v) is 4.43. The second-order valence-corrected chi connectivity index (χ2v) is 6.16. The average molecular weight is 406 g/mol. The lowest BCUT2D eigenvalue weighted by Crippen LogP contribution is -2.45. The molecule has 0 aliphatic carbocycles. The first-order valence-corrected chi connectivity index (χ1v) is 8.46. The highest BCUT2D eigenvalue weighted by molar-refractivity contribution is 6.04. The first-order chi connectivity index (χ1) is 13.7. The molecule has 0 saturated heterocycles. The Morgan fingerprint density at radius 2 is 1.62 bits per heavy atom. The molecule has 0 saturated carbocycles. The molecule has 2 N–H and O–H groups in total. The fraction of sp³-hybridized carbons (Fsp3) is 0.200. The van der Waals surface area contributed by atoms with Crippen LogP contribution in [0.3, 0.4) is 0 Å². The van der Waals surface area contributed by atoms with E-state index in [2.05, 4.69) is 10.6 Å². The Morgan fingerprint density at radius 1 is 1.00 bits per heavy atom. The highest BCUT2D eigenvalue weighted by Crippen LogP contribution is 2.34. The van der Waals surface area contributed by atoms with Crippen LogP contribution in [-0.4, -0.2) is 26.2 Å². The van der Waals surface area contributed by atoms with Crippen LogP contribution in [0.25, 0.3) is 5.70 Å². The molecule has 6 nitrogen and oxygen atoms in total. The van der Waals surface area contributed by atoms with E-state index < -0.39 is 29.8 Å². The van der Waals surface area contributed by atoms with Crippen LogP contribution in [-0.2, 0) is 15.7 Å². The summed E-state index contributed by atoms with van der Waals surface area (Å²) in [7, 11) is 2.68. The van der Waals surface area contributed by atoms with Crippen molar-refractivity contribution in [2.75, 3.05) is 14.2 Å². The van der Waals surface area contributed by atoms with Crippen molar-refractivity contribution < 1.29 is 32.2 Å². The Hall–Kier alpha value is -3.49. The van der Waals surface area contributed by atoms with E-state index in [9.17, 15) is 22.8 Å². The standard InChI is InChI=1S/C20H17F3N2O4/c1-28-14-9-5-12(6-10-14)17-15(18(26)29-2)16(24-19(27)25-17)11-3-7-13(8-4-11)20(21,22)23/h3-10,16H,1-2H3,(H2,24,25,27). The largest absolute Gasteiger partial charge is 0.497 e. The highest BCUT2D eigenvalue weighted by atomic mass is 19.4. The molecule has 1 heterocycles. The Bertz CT molecular complexity index is 951. The summed E-state index contributed by atoms with van der Waals surface area (Å²) in [5, 5.41) is 5.14. The predicted molar refractivity (Wildman–Crippen MR) is 97.8 cm³/mol. The zero-order chi connectivity index (χ0) is 21.2. The number of methoxy groups -OCH3 is 2. The van der Waals surface area contributed by atoms with Gasteiger partial charge in [0.2, 0.25) is 0 Å². The Labute approximate surface area is 164 Å². The van der Waals surface area contributed by atoms with Gasteiger partial charge >= 0.3 is 18.2 Å². The van der Waals surface area contributed by atoms with Gasteiger partial charge in [0.25, 0.3) is 0 Å². The third kappa shape index (κ3) is 4.18. The van der Waals surface area contributed by atoms with Gasteiger partial charge in [0.1, 0.15) is 5.75 Å². The molecule has 0 aromatic heterocycles. The van der Waals surface area contributed by atoms with E-state index >= 15 is 0 Å². The molecular formula is C20H17F3N2O4. The Morgan fingerprint density at radius 3 is 2.14 bits per heavy atom. The lowest BCUT2D eigenvalue weighted by atomic mass is 9.92. The Balaban J connectivity index is 2.11. The van der Waals surface area contributed by atoms with Crippen molar-refractivity contribution in [3.05, 3.63) is 70.8 Å². The highest BCUT2D eigenvalue weighted by Gasteiger charge is 2.35. The van der Waals surface area contributed by atoms with Crippen LogP contribution in [0.1, 0.15) is 22.7 Å². The molecular weight excluding hydrogens is 389 g/mol. The van der Waals surface area contributed by atoms with E-state index in [1.807, 2.05) is 0 Å². The maximum atomic E-state index is 12.9. The van der Waals surface area contributed by atoms with Crippen molar-refractivity contribution >= 4 is 17.7 Å². The molecule has 2 aromatic carbocycles. The van der Waals surface area contributed by atoms with Gasteiger partial charge in [-0.1, -0.05) is 12.1 Å². The molecule has 0 fully saturated rings. The molecule has 2 aromatic rings. The van der Waals surface area contributed by atoms with Crippen molar-refractivity contribution in [3.63, 3.8) is 0 Å². The van der Waals surface area contributed by atoms with E-state index in [-0.39, 0.29) is 11.3 Å². The minimum absolute atomic E-state index is 0.0667. The fourth-order valence-electron chi connectivity index (χ4n) is 2.99. The van der Waals surface area contributed by atoms with E-state index in [1.165, 1.54) is 26.4 Å². The van der Waals surface area contributed by atoms with E-state index in [4.69, 9.17) is 9.47 Å². The molecule has 0 spiro atoms. The van der Waals surface area contributed by atoms with Crippen molar-refractivity contribution in [2.45, 2.75) is 12.2 Å². The van der Waals surface area contributed by atoms with Gasteiger partial charge < -0.3 is 20.1 Å². The Kier molecular flexibility index (Phi) is 5.49. The summed E-state index contributed by atoms with van der Waals surface area (Å²) in [5.74, 6) is -0.151. The van der Waals surface area contributed by atoms with Gasteiger partial charge in [-0.05, 0) is 47.5 Å². The number of hydrogen-bond acceptors (Lipinski definition) is 4. The monoisotopic (exact) mass is 406 g/mol. The lowest BCUT2D eigenvalue weighted by Gasteiger charge is -2.29. The van der Waals surface area contributed by atoms with E-state index in [0.29, 0.717) is 16.9 Å². The number of rotatable bonds is 4. The van der Waals surface area contributed by atoms with Crippen molar-refractivity contribution in [1.82, 2.24) is 10.6 Å².